The Bertz CT molecular complexity index is 430. The van der Waals surface area contributed by atoms with Gasteiger partial charge >= 0.3 is 6.18 Å². The van der Waals surface area contributed by atoms with E-state index >= 15 is 0 Å². The highest BCUT2D eigenvalue weighted by Crippen LogP contribution is 2.31. The molecule has 1 saturated carbocycles. The van der Waals surface area contributed by atoms with Gasteiger partial charge in [0.25, 0.3) is 0 Å². The van der Waals surface area contributed by atoms with E-state index in [0.717, 1.165) is 24.2 Å². The second kappa shape index (κ2) is 7.50. The van der Waals surface area contributed by atoms with Crippen LogP contribution in [-0.4, -0.2) is 12.4 Å². The van der Waals surface area contributed by atoms with Crippen molar-refractivity contribution in [1.82, 2.24) is 5.32 Å². The topological polar surface area (TPSA) is 12.0 Å². The molecular weight excluding hydrogens is 299 g/mol. The maximum absolute atomic E-state index is 12.5. The van der Waals surface area contributed by atoms with E-state index in [2.05, 4.69) is 5.32 Å². The summed E-state index contributed by atoms with van der Waals surface area (Å²) in [5, 5.41) is 3.35. The van der Waals surface area contributed by atoms with Crippen molar-refractivity contribution in [1.29, 1.82) is 0 Å². The summed E-state index contributed by atoms with van der Waals surface area (Å²) in [6.07, 6.45) is 0.627. The van der Waals surface area contributed by atoms with Crippen LogP contribution in [0.3, 0.4) is 0 Å². The second-order valence-electron chi connectivity index (χ2n) is 5.78. The van der Waals surface area contributed by atoms with Gasteiger partial charge in [0.05, 0.1) is 5.56 Å². The van der Waals surface area contributed by atoms with Crippen molar-refractivity contribution in [2.45, 2.75) is 38.4 Å². The molecule has 0 aromatic heterocycles. The van der Waals surface area contributed by atoms with Gasteiger partial charge in [0, 0.05) is 12.4 Å². The Balaban J connectivity index is 1.80. The molecule has 1 fully saturated rings. The van der Waals surface area contributed by atoms with Crippen molar-refractivity contribution in [2.75, 3.05) is 12.4 Å². The van der Waals surface area contributed by atoms with Gasteiger partial charge in [-0.25, -0.2) is 0 Å². The van der Waals surface area contributed by atoms with Gasteiger partial charge < -0.3 is 5.32 Å². The van der Waals surface area contributed by atoms with Crippen LogP contribution < -0.4 is 5.32 Å². The Morgan fingerprint density at radius 1 is 1.05 bits per heavy atom. The largest absolute Gasteiger partial charge is 0.416 e. The summed E-state index contributed by atoms with van der Waals surface area (Å²) in [6, 6.07) is 5.35. The van der Waals surface area contributed by atoms with Crippen LogP contribution in [0.15, 0.2) is 24.3 Å². The Hall–Kier alpha value is -0.740. The first-order chi connectivity index (χ1) is 10.0. The van der Waals surface area contributed by atoms with E-state index in [1.807, 2.05) is 0 Å². The number of alkyl halides is 4. The number of halogens is 4. The maximum atomic E-state index is 12.5. The van der Waals surface area contributed by atoms with Crippen molar-refractivity contribution in [2.24, 2.45) is 11.8 Å². The normalized spacial score (nSPS) is 23.2. The predicted octanol–water partition coefficient (Wildman–Crippen LogP) is 4.84. The monoisotopic (exact) mass is 319 g/mol. The van der Waals surface area contributed by atoms with Crippen LogP contribution in [0.1, 0.15) is 36.8 Å². The third-order valence-electron chi connectivity index (χ3n) is 4.28. The van der Waals surface area contributed by atoms with Gasteiger partial charge in [-0.3, -0.25) is 0 Å². The highest BCUT2D eigenvalue weighted by atomic mass is 35.5. The van der Waals surface area contributed by atoms with Crippen molar-refractivity contribution in [3.8, 4) is 0 Å². The molecule has 0 saturated heterocycles. The minimum absolute atomic E-state index is 0.570. The van der Waals surface area contributed by atoms with Crippen LogP contribution in [0.2, 0.25) is 0 Å². The Morgan fingerprint density at radius 2 is 1.67 bits per heavy atom. The zero-order valence-corrected chi connectivity index (χ0v) is 12.7. The Morgan fingerprint density at radius 3 is 2.24 bits per heavy atom. The fourth-order valence-electron chi connectivity index (χ4n) is 2.97. The molecule has 21 heavy (non-hydrogen) atoms. The van der Waals surface area contributed by atoms with Gasteiger partial charge in [-0.1, -0.05) is 25.0 Å². The quantitative estimate of drug-likeness (QED) is 0.766. The highest BCUT2D eigenvalue weighted by Gasteiger charge is 2.30. The van der Waals surface area contributed by atoms with E-state index < -0.39 is 11.7 Å². The molecule has 5 heteroatoms. The van der Waals surface area contributed by atoms with Crippen molar-refractivity contribution < 1.29 is 13.2 Å². The number of rotatable bonds is 5. The van der Waals surface area contributed by atoms with Crippen molar-refractivity contribution in [3.05, 3.63) is 35.4 Å². The number of hydrogen-bond acceptors (Lipinski definition) is 1. The average Bonchev–Trinajstić information content (AvgIpc) is 2.47. The fourth-order valence-corrected chi connectivity index (χ4v) is 3.38. The lowest BCUT2D eigenvalue weighted by molar-refractivity contribution is -0.137. The van der Waals surface area contributed by atoms with Gasteiger partial charge in [0.1, 0.15) is 0 Å². The van der Waals surface area contributed by atoms with Gasteiger partial charge in [0.15, 0.2) is 0 Å². The van der Waals surface area contributed by atoms with Crippen molar-refractivity contribution in [3.63, 3.8) is 0 Å². The maximum Gasteiger partial charge on any atom is 0.416 e. The van der Waals surface area contributed by atoms with Crippen LogP contribution in [0.25, 0.3) is 0 Å². The number of nitrogens with one attached hydrogen (secondary N) is 1. The molecule has 0 heterocycles. The third kappa shape index (κ3) is 4.89. The zero-order valence-electron chi connectivity index (χ0n) is 11.9. The first-order valence-corrected chi connectivity index (χ1v) is 7.97. The predicted molar refractivity (Wildman–Crippen MR) is 79.3 cm³/mol. The zero-order chi connectivity index (χ0) is 15.3. The lowest BCUT2D eigenvalue weighted by Gasteiger charge is -2.30. The van der Waals surface area contributed by atoms with Gasteiger partial charge in [-0.2, -0.15) is 13.2 Å². The first-order valence-electron chi connectivity index (χ1n) is 7.43. The molecule has 0 radical (unpaired) electrons. The molecule has 118 valence electrons. The summed E-state index contributed by atoms with van der Waals surface area (Å²) in [5.41, 5.74) is 0.280. The molecule has 0 bridgehead atoms. The lowest BCUT2D eigenvalue weighted by Crippen LogP contribution is -2.31. The summed E-state index contributed by atoms with van der Waals surface area (Å²) in [7, 11) is 0. The fraction of sp³-hybridized carbons (Fsp3) is 0.625. The van der Waals surface area contributed by atoms with Crippen LogP contribution in [0, 0.1) is 11.8 Å². The smallest absolute Gasteiger partial charge is 0.312 e. The Kier molecular flexibility index (Phi) is 5.94. The molecule has 1 aromatic carbocycles. The second-order valence-corrected chi connectivity index (χ2v) is 6.09. The van der Waals surface area contributed by atoms with Gasteiger partial charge in [0.2, 0.25) is 0 Å². The summed E-state index contributed by atoms with van der Waals surface area (Å²) in [5.74, 6) is 1.86. The van der Waals surface area contributed by atoms with E-state index in [-0.39, 0.29) is 0 Å². The summed E-state index contributed by atoms with van der Waals surface area (Å²) < 4.78 is 37.4. The molecule has 0 spiro atoms. The third-order valence-corrected chi connectivity index (χ3v) is 4.68. The van der Waals surface area contributed by atoms with Gasteiger partial charge in [-0.15, -0.1) is 11.6 Å². The van der Waals surface area contributed by atoms with E-state index in [0.29, 0.717) is 24.3 Å². The minimum atomic E-state index is -4.26. The average molecular weight is 320 g/mol. The summed E-state index contributed by atoms with van der Waals surface area (Å²) in [6.45, 7) is 1.49. The van der Waals surface area contributed by atoms with Crippen LogP contribution in [0.5, 0.6) is 0 Å². The molecule has 1 nitrogen and oxygen atoms in total. The van der Waals surface area contributed by atoms with Crippen LogP contribution in [0.4, 0.5) is 13.2 Å². The molecule has 2 unspecified atom stereocenters. The molecule has 1 N–H and O–H groups in total. The molecule has 1 aliphatic rings. The van der Waals surface area contributed by atoms with Gasteiger partial charge in [-0.05, 0) is 48.9 Å². The summed E-state index contributed by atoms with van der Waals surface area (Å²) >= 11 is 6.00. The van der Waals surface area contributed by atoms with Crippen LogP contribution in [-0.2, 0) is 12.7 Å². The van der Waals surface area contributed by atoms with E-state index in [9.17, 15) is 13.2 Å². The standard InChI is InChI=1S/C16H21ClF3N/c17-9-13-3-1-2-4-14(13)11-21-10-12-5-7-15(8-6-12)16(18,19)20/h5-8,13-14,21H,1-4,9-11H2. The molecule has 1 aliphatic carbocycles. The molecule has 0 amide bonds. The van der Waals surface area contributed by atoms with E-state index in [1.54, 1.807) is 0 Å². The highest BCUT2D eigenvalue weighted by molar-refractivity contribution is 6.18. The Labute approximate surface area is 128 Å². The lowest BCUT2D eigenvalue weighted by atomic mass is 9.80. The van der Waals surface area contributed by atoms with E-state index in [4.69, 9.17) is 11.6 Å². The number of hydrogen-bond donors (Lipinski definition) is 1. The minimum Gasteiger partial charge on any atom is -0.312 e. The van der Waals surface area contributed by atoms with Crippen LogP contribution >= 0.6 is 11.6 Å². The molecular formula is C16H21ClF3N. The van der Waals surface area contributed by atoms with Crippen molar-refractivity contribution >= 4 is 11.6 Å². The summed E-state index contributed by atoms with van der Waals surface area (Å²) in [4.78, 5) is 0. The SMILES string of the molecule is FC(F)(F)c1ccc(CNCC2CCCCC2CCl)cc1. The number of benzene rings is 1. The molecule has 2 rings (SSSR count). The van der Waals surface area contributed by atoms with E-state index in [1.165, 1.54) is 37.8 Å². The molecule has 0 aliphatic heterocycles. The molecule has 2 atom stereocenters. The molecule has 1 aromatic rings. The first kappa shape index (κ1) is 16.6.